The summed E-state index contributed by atoms with van der Waals surface area (Å²) < 4.78 is 6.44. The first-order chi connectivity index (χ1) is 15.6. The molecule has 33 heavy (non-hydrogen) atoms. The topological polar surface area (TPSA) is 82.1 Å². The molecule has 2 saturated heterocycles. The largest absolute Gasteiger partial charge is 0.484 e. The molecule has 3 atom stereocenters. The van der Waals surface area contributed by atoms with Crippen LogP contribution in [0.2, 0.25) is 10.0 Å². The number of rotatable bonds is 4. The molecule has 2 heterocycles. The number of amides is 3. The van der Waals surface area contributed by atoms with Gasteiger partial charge in [0.25, 0.3) is 5.91 Å². The van der Waals surface area contributed by atoms with E-state index in [0.717, 1.165) is 29.0 Å². The predicted molar refractivity (Wildman–Crippen MR) is 126 cm³/mol. The summed E-state index contributed by atoms with van der Waals surface area (Å²) in [5, 5.41) is 13.9. The van der Waals surface area contributed by atoms with Crippen LogP contribution < -0.4 is 15.0 Å². The van der Waals surface area contributed by atoms with Gasteiger partial charge in [0.2, 0.25) is 0 Å². The van der Waals surface area contributed by atoms with Crippen LogP contribution >= 0.6 is 23.2 Å². The molecule has 2 fully saturated rings. The van der Waals surface area contributed by atoms with E-state index in [9.17, 15) is 14.7 Å². The second kappa shape index (κ2) is 8.17. The second-order valence-corrected chi connectivity index (χ2v) is 10.2. The van der Waals surface area contributed by atoms with Gasteiger partial charge in [-0.15, -0.1) is 0 Å². The summed E-state index contributed by atoms with van der Waals surface area (Å²) in [7, 11) is 0. The number of fused-ring (bicyclic) bond motifs is 1. The van der Waals surface area contributed by atoms with Gasteiger partial charge >= 0.3 is 6.03 Å². The molecule has 2 aromatic rings. The number of halogens is 2. The van der Waals surface area contributed by atoms with Gasteiger partial charge in [-0.3, -0.25) is 9.69 Å². The molecule has 7 nitrogen and oxygen atoms in total. The fourth-order valence-electron chi connectivity index (χ4n) is 4.95. The van der Waals surface area contributed by atoms with Crippen molar-refractivity contribution in [2.75, 3.05) is 18.0 Å². The zero-order chi connectivity index (χ0) is 23.5. The van der Waals surface area contributed by atoms with Crippen LogP contribution in [-0.2, 0) is 11.2 Å². The predicted octanol–water partition coefficient (Wildman–Crippen LogP) is 3.94. The molecule has 2 aromatic carbocycles. The molecular formula is C24H25Cl2N3O4. The van der Waals surface area contributed by atoms with E-state index in [0.29, 0.717) is 34.4 Å². The number of anilines is 1. The Bertz CT molecular complexity index is 1120. The van der Waals surface area contributed by atoms with Crippen molar-refractivity contribution in [1.29, 1.82) is 0 Å². The van der Waals surface area contributed by atoms with Gasteiger partial charge in [0, 0.05) is 28.7 Å². The van der Waals surface area contributed by atoms with Crippen molar-refractivity contribution in [3.63, 3.8) is 0 Å². The third-order valence-corrected chi connectivity index (χ3v) is 7.20. The number of nitrogens with zero attached hydrogens (tertiary/aromatic N) is 2. The molecular weight excluding hydrogens is 465 g/mol. The van der Waals surface area contributed by atoms with E-state index in [2.05, 4.69) is 10.2 Å². The summed E-state index contributed by atoms with van der Waals surface area (Å²) in [6.45, 7) is 4.72. The van der Waals surface area contributed by atoms with Gasteiger partial charge in [-0.2, -0.15) is 0 Å². The van der Waals surface area contributed by atoms with Crippen molar-refractivity contribution < 1.29 is 19.4 Å². The molecule has 9 heteroatoms. The number of imide groups is 1. The average molecular weight is 490 g/mol. The maximum atomic E-state index is 12.6. The van der Waals surface area contributed by atoms with E-state index in [4.69, 9.17) is 27.9 Å². The number of aliphatic hydroxyl groups is 1. The van der Waals surface area contributed by atoms with Crippen molar-refractivity contribution in [1.82, 2.24) is 10.2 Å². The number of ether oxygens (including phenoxy) is 1. The Hall–Kier alpha value is -2.32. The van der Waals surface area contributed by atoms with Crippen molar-refractivity contribution in [2.45, 2.75) is 50.5 Å². The number of carbonyl (C=O) groups is 2. The van der Waals surface area contributed by atoms with Crippen molar-refractivity contribution in [2.24, 2.45) is 0 Å². The molecule has 3 amide bonds. The number of aliphatic hydroxyl groups excluding tert-OH is 1. The van der Waals surface area contributed by atoms with E-state index in [1.54, 1.807) is 44.2 Å². The van der Waals surface area contributed by atoms with Gasteiger partial charge in [-0.05, 0) is 68.7 Å². The van der Waals surface area contributed by atoms with E-state index in [1.807, 2.05) is 6.07 Å². The molecule has 0 saturated carbocycles. The number of urea groups is 1. The molecule has 5 rings (SSSR count). The summed E-state index contributed by atoms with van der Waals surface area (Å²) in [5.74, 6) is 0.298. The zero-order valence-corrected chi connectivity index (χ0v) is 19.9. The third-order valence-electron chi connectivity index (χ3n) is 6.65. The summed E-state index contributed by atoms with van der Waals surface area (Å²) in [6.07, 6.45) is 0.771. The van der Waals surface area contributed by atoms with Crippen LogP contribution in [0.5, 0.6) is 5.75 Å². The highest BCUT2D eigenvalue weighted by molar-refractivity contribution is 6.35. The normalized spacial score (nSPS) is 26.6. The first-order valence-electron chi connectivity index (χ1n) is 11.0. The minimum atomic E-state index is -0.939. The number of benzene rings is 2. The first kappa shape index (κ1) is 22.5. The second-order valence-electron chi connectivity index (χ2n) is 9.39. The monoisotopic (exact) mass is 489 g/mol. The molecule has 2 N–H and O–H groups in total. The molecule has 2 aliphatic heterocycles. The highest BCUT2D eigenvalue weighted by Crippen LogP contribution is 2.43. The van der Waals surface area contributed by atoms with Gasteiger partial charge in [-0.1, -0.05) is 23.2 Å². The minimum Gasteiger partial charge on any atom is -0.484 e. The molecule has 1 aliphatic carbocycles. The summed E-state index contributed by atoms with van der Waals surface area (Å²) in [6, 6.07) is 10.1. The Morgan fingerprint density at radius 3 is 2.48 bits per heavy atom. The number of likely N-dealkylation sites (tertiary alicyclic amines) is 1. The lowest BCUT2D eigenvalue weighted by atomic mass is 10.1. The van der Waals surface area contributed by atoms with Gasteiger partial charge < -0.3 is 15.2 Å². The summed E-state index contributed by atoms with van der Waals surface area (Å²) in [4.78, 5) is 28.3. The van der Waals surface area contributed by atoms with Gasteiger partial charge in [0.05, 0.1) is 17.8 Å². The first-order valence-corrected chi connectivity index (χ1v) is 11.7. The lowest BCUT2D eigenvalue weighted by Crippen LogP contribution is -2.40. The minimum absolute atomic E-state index is 0.0135. The Labute approximate surface area is 202 Å². The standard InChI is InChI=1S/C24H25Cl2N3O4/c1-24(2)22(31)29(23(32)27-24)14-3-5-16(6-4-14)33-21-18-9-13(25)10-19(26)17(18)11-20(21)28-8-7-15(30)12-28/h3-6,9-10,15,20-21,30H,7-8,11-12H2,1-2H3,(H,27,32)/t15-,20-,21+/m1/s1. The van der Waals surface area contributed by atoms with Crippen LogP contribution in [0.15, 0.2) is 36.4 Å². The molecule has 0 spiro atoms. The van der Waals surface area contributed by atoms with Crippen LogP contribution in [0, 0.1) is 0 Å². The van der Waals surface area contributed by atoms with E-state index in [-0.39, 0.29) is 24.2 Å². The van der Waals surface area contributed by atoms with Crippen LogP contribution in [0.4, 0.5) is 10.5 Å². The molecule has 0 radical (unpaired) electrons. The van der Waals surface area contributed by atoms with E-state index in [1.165, 1.54) is 0 Å². The van der Waals surface area contributed by atoms with Crippen molar-refractivity contribution in [3.8, 4) is 5.75 Å². The van der Waals surface area contributed by atoms with Gasteiger partial charge in [0.1, 0.15) is 17.4 Å². The summed E-state index contributed by atoms with van der Waals surface area (Å²) >= 11 is 12.8. The fraction of sp³-hybridized carbons (Fsp3) is 0.417. The van der Waals surface area contributed by atoms with Crippen LogP contribution in [-0.4, -0.2) is 52.7 Å². The highest BCUT2D eigenvalue weighted by atomic mass is 35.5. The van der Waals surface area contributed by atoms with E-state index >= 15 is 0 Å². The smallest absolute Gasteiger partial charge is 0.329 e. The number of hydrogen-bond acceptors (Lipinski definition) is 5. The summed E-state index contributed by atoms with van der Waals surface area (Å²) in [5.41, 5.74) is 1.49. The Balaban J connectivity index is 1.42. The maximum Gasteiger partial charge on any atom is 0.329 e. The van der Waals surface area contributed by atoms with Crippen LogP contribution in [0.25, 0.3) is 0 Å². The molecule has 0 unspecified atom stereocenters. The van der Waals surface area contributed by atoms with Crippen LogP contribution in [0.1, 0.15) is 37.5 Å². The zero-order valence-electron chi connectivity index (χ0n) is 18.3. The number of β-amino-alcohol motifs (C(OH)–C–C–N with tert-alkyl or cyclic N) is 1. The lowest BCUT2D eigenvalue weighted by molar-refractivity contribution is -0.121. The quantitative estimate of drug-likeness (QED) is 0.635. The Morgan fingerprint density at radius 1 is 1.15 bits per heavy atom. The molecule has 0 aromatic heterocycles. The number of hydrogen-bond donors (Lipinski definition) is 2. The average Bonchev–Trinajstić information content (AvgIpc) is 3.38. The van der Waals surface area contributed by atoms with Crippen molar-refractivity contribution in [3.05, 3.63) is 57.6 Å². The Morgan fingerprint density at radius 2 is 1.88 bits per heavy atom. The molecule has 0 bridgehead atoms. The van der Waals surface area contributed by atoms with Gasteiger partial charge in [-0.25, -0.2) is 9.69 Å². The number of nitrogens with one attached hydrogen (secondary N) is 1. The molecule has 174 valence electrons. The van der Waals surface area contributed by atoms with E-state index < -0.39 is 11.6 Å². The van der Waals surface area contributed by atoms with Gasteiger partial charge in [0.15, 0.2) is 0 Å². The maximum absolute atomic E-state index is 12.6. The fourth-order valence-corrected chi connectivity index (χ4v) is 5.54. The third kappa shape index (κ3) is 3.97. The van der Waals surface area contributed by atoms with Crippen molar-refractivity contribution >= 4 is 40.8 Å². The van der Waals surface area contributed by atoms with Crippen LogP contribution in [0.3, 0.4) is 0 Å². The highest BCUT2D eigenvalue weighted by Gasteiger charge is 2.45. The lowest BCUT2D eigenvalue weighted by Gasteiger charge is -2.30. The SMILES string of the molecule is CC1(C)NC(=O)N(c2ccc(O[C@H]3c4cc(Cl)cc(Cl)c4C[C@H]3N3CC[C@@H](O)C3)cc2)C1=O. The number of carbonyl (C=O) groups excluding carboxylic acids is 2. The molecule has 3 aliphatic rings. The Kier molecular flexibility index (Phi) is 5.56.